The molecule has 0 aliphatic carbocycles. The Morgan fingerprint density at radius 3 is 2.36 bits per heavy atom. The smallest absolute Gasteiger partial charge is 0.343 e. The van der Waals surface area contributed by atoms with Crippen LogP contribution in [0.25, 0.3) is 11.1 Å². The summed E-state index contributed by atoms with van der Waals surface area (Å²) in [6, 6.07) is 18.5. The van der Waals surface area contributed by atoms with E-state index in [9.17, 15) is 18.4 Å². The van der Waals surface area contributed by atoms with Crippen LogP contribution in [0.4, 0.5) is 25.8 Å². The first-order chi connectivity index (χ1) is 20.0. The van der Waals surface area contributed by atoms with Crippen LogP contribution in [0.3, 0.4) is 0 Å². The van der Waals surface area contributed by atoms with Crippen molar-refractivity contribution >= 4 is 28.9 Å². The molecule has 0 spiro atoms. The first kappa shape index (κ1) is 28.6. The third-order valence-electron chi connectivity index (χ3n) is 7.31. The third-order valence-corrected chi connectivity index (χ3v) is 7.31. The van der Waals surface area contributed by atoms with Gasteiger partial charge in [0.25, 0.3) is 5.91 Å². The molecule has 0 radical (unpaired) electrons. The number of aryl methyl sites for hydroxylation is 1. The zero-order valence-corrected chi connectivity index (χ0v) is 24.0. The molecule has 1 heterocycles. The van der Waals surface area contributed by atoms with Crippen LogP contribution in [-0.4, -0.2) is 31.6 Å². The highest BCUT2D eigenvalue weighted by Gasteiger charge is 2.38. The van der Waals surface area contributed by atoms with Crippen molar-refractivity contribution in [2.24, 2.45) is 0 Å². The van der Waals surface area contributed by atoms with E-state index >= 15 is 0 Å². The molecule has 0 saturated heterocycles. The SMILES string of the molecule is COc1cc(OC(=O)c2ccc(F)cc2)ccc1-c1ccc2c(c1CNc1cc(F)ccc1C)N(C)C(=O)C(C)(C)N2. The Bertz CT molecular complexity index is 1690. The van der Waals surface area contributed by atoms with E-state index in [2.05, 4.69) is 10.6 Å². The van der Waals surface area contributed by atoms with E-state index in [0.717, 1.165) is 22.4 Å². The number of carbonyl (C=O) groups is 2. The predicted molar refractivity (Wildman–Crippen MR) is 159 cm³/mol. The van der Waals surface area contributed by atoms with Crippen LogP contribution in [0.15, 0.2) is 72.8 Å². The number of methoxy groups -OCH3 is 1. The van der Waals surface area contributed by atoms with E-state index in [4.69, 9.17) is 9.47 Å². The molecule has 0 saturated carbocycles. The predicted octanol–water partition coefficient (Wildman–Crippen LogP) is 6.95. The molecule has 1 aliphatic rings. The van der Waals surface area contributed by atoms with Gasteiger partial charge < -0.3 is 25.0 Å². The van der Waals surface area contributed by atoms with Crippen LogP contribution in [0.1, 0.15) is 35.3 Å². The summed E-state index contributed by atoms with van der Waals surface area (Å²) in [7, 11) is 3.25. The number of nitrogens with zero attached hydrogens (tertiary/aromatic N) is 1. The number of ether oxygens (including phenoxy) is 2. The number of hydrogen-bond acceptors (Lipinski definition) is 6. The Morgan fingerprint density at radius 1 is 0.952 bits per heavy atom. The van der Waals surface area contributed by atoms with Gasteiger partial charge in [-0.15, -0.1) is 0 Å². The first-order valence-corrected chi connectivity index (χ1v) is 13.4. The van der Waals surface area contributed by atoms with Crippen LogP contribution in [0.2, 0.25) is 0 Å². The Kier molecular flexibility index (Phi) is 7.60. The molecule has 0 aromatic heterocycles. The number of nitrogens with one attached hydrogen (secondary N) is 2. The topological polar surface area (TPSA) is 79.9 Å². The Labute approximate surface area is 243 Å². The van der Waals surface area contributed by atoms with Crippen LogP contribution in [0.5, 0.6) is 11.5 Å². The van der Waals surface area contributed by atoms with E-state index in [-0.39, 0.29) is 29.6 Å². The van der Waals surface area contributed by atoms with Gasteiger partial charge in [-0.1, -0.05) is 12.1 Å². The highest BCUT2D eigenvalue weighted by atomic mass is 19.1. The second kappa shape index (κ2) is 11.2. The number of carbonyl (C=O) groups excluding carboxylic acids is 2. The number of fused-ring (bicyclic) bond motifs is 1. The summed E-state index contributed by atoms with van der Waals surface area (Å²) in [6.07, 6.45) is 0. The number of esters is 1. The molecule has 4 aromatic rings. The minimum atomic E-state index is -0.805. The fraction of sp³-hybridized carbons (Fsp3) is 0.212. The average molecular weight is 572 g/mol. The fourth-order valence-electron chi connectivity index (χ4n) is 5.14. The molecule has 5 rings (SSSR count). The molecular formula is C33H31F2N3O4. The van der Waals surface area contributed by atoms with E-state index in [1.807, 2.05) is 32.9 Å². The van der Waals surface area contributed by atoms with Crippen LogP contribution >= 0.6 is 0 Å². The molecule has 1 aliphatic heterocycles. The summed E-state index contributed by atoms with van der Waals surface area (Å²) >= 11 is 0. The number of benzene rings is 4. The highest BCUT2D eigenvalue weighted by molar-refractivity contribution is 6.09. The quantitative estimate of drug-likeness (QED) is 0.185. The largest absolute Gasteiger partial charge is 0.496 e. The Hall–Kier alpha value is -4.92. The summed E-state index contributed by atoms with van der Waals surface area (Å²) in [4.78, 5) is 27.5. The summed E-state index contributed by atoms with van der Waals surface area (Å²) < 4.78 is 38.6. The van der Waals surface area contributed by atoms with Crippen molar-refractivity contribution in [1.29, 1.82) is 0 Å². The van der Waals surface area contributed by atoms with Gasteiger partial charge in [0.2, 0.25) is 0 Å². The molecule has 0 fully saturated rings. The lowest BCUT2D eigenvalue weighted by molar-refractivity contribution is -0.121. The van der Waals surface area contributed by atoms with Gasteiger partial charge in [-0.25, -0.2) is 13.6 Å². The zero-order valence-electron chi connectivity index (χ0n) is 24.0. The van der Waals surface area contributed by atoms with Crippen molar-refractivity contribution in [3.8, 4) is 22.6 Å². The molecule has 42 heavy (non-hydrogen) atoms. The lowest BCUT2D eigenvalue weighted by Crippen LogP contribution is -2.52. The van der Waals surface area contributed by atoms with E-state index in [0.29, 0.717) is 22.7 Å². The van der Waals surface area contributed by atoms with Gasteiger partial charge in [-0.05, 0) is 86.5 Å². The molecule has 7 nitrogen and oxygen atoms in total. The molecule has 2 N–H and O–H groups in total. The first-order valence-electron chi connectivity index (χ1n) is 13.4. The van der Waals surface area contributed by atoms with E-state index in [1.54, 1.807) is 36.2 Å². The van der Waals surface area contributed by atoms with Crippen molar-refractivity contribution in [2.75, 3.05) is 29.7 Å². The normalized spacial score (nSPS) is 13.7. The zero-order chi connectivity index (χ0) is 30.2. The van der Waals surface area contributed by atoms with Crippen molar-refractivity contribution in [3.63, 3.8) is 0 Å². The summed E-state index contributed by atoms with van der Waals surface area (Å²) in [5.41, 5.74) is 4.62. The van der Waals surface area contributed by atoms with Crippen molar-refractivity contribution in [1.82, 2.24) is 0 Å². The number of hydrogen-bond donors (Lipinski definition) is 2. The molecule has 216 valence electrons. The Balaban J connectivity index is 1.57. The average Bonchev–Trinajstić information content (AvgIpc) is 2.96. The van der Waals surface area contributed by atoms with Gasteiger partial charge in [0.05, 0.1) is 24.0 Å². The summed E-state index contributed by atoms with van der Waals surface area (Å²) in [5, 5.41) is 6.68. The van der Waals surface area contributed by atoms with Gasteiger partial charge in [0.1, 0.15) is 28.7 Å². The van der Waals surface area contributed by atoms with Gasteiger partial charge >= 0.3 is 5.97 Å². The second-order valence-electron chi connectivity index (χ2n) is 10.7. The minimum Gasteiger partial charge on any atom is -0.496 e. The summed E-state index contributed by atoms with van der Waals surface area (Å²) in [6.45, 7) is 5.81. The summed E-state index contributed by atoms with van der Waals surface area (Å²) in [5.74, 6) is -0.879. The van der Waals surface area contributed by atoms with E-state index in [1.165, 1.54) is 43.5 Å². The second-order valence-corrected chi connectivity index (χ2v) is 10.7. The maximum atomic E-state index is 14.1. The monoisotopic (exact) mass is 571 g/mol. The lowest BCUT2D eigenvalue weighted by Gasteiger charge is -2.40. The van der Waals surface area contributed by atoms with Gasteiger partial charge in [0, 0.05) is 36.5 Å². The number of anilines is 3. The number of rotatable bonds is 7. The maximum absolute atomic E-state index is 14.1. The van der Waals surface area contributed by atoms with Gasteiger partial charge in [-0.3, -0.25) is 4.79 Å². The molecule has 1 amide bonds. The standard InChI is InChI=1S/C33H31F2N3O4/c1-19-6-9-22(35)16-28(19)36-18-26-24(14-15-27-30(26)38(4)32(40)33(2,3)37-27)25-13-12-23(17-29(25)41-5)42-31(39)20-7-10-21(34)11-8-20/h6-17,36-37H,18H2,1-5H3. The lowest BCUT2D eigenvalue weighted by atomic mass is 9.91. The molecule has 0 unspecified atom stereocenters. The van der Waals surface area contributed by atoms with Crippen molar-refractivity contribution < 1.29 is 27.8 Å². The molecule has 9 heteroatoms. The van der Waals surface area contributed by atoms with Gasteiger partial charge in [0.15, 0.2) is 0 Å². The van der Waals surface area contributed by atoms with Crippen molar-refractivity contribution in [3.05, 3.63) is 101 Å². The number of halogens is 2. The third kappa shape index (κ3) is 5.50. The molecular weight excluding hydrogens is 540 g/mol. The highest BCUT2D eigenvalue weighted by Crippen LogP contribution is 2.45. The molecule has 0 atom stereocenters. The minimum absolute atomic E-state index is 0.106. The van der Waals surface area contributed by atoms with Crippen molar-refractivity contribution in [2.45, 2.75) is 32.9 Å². The molecule has 0 bridgehead atoms. The van der Waals surface area contributed by atoms with Crippen LogP contribution in [-0.2, 0) is 11.3 Å². The van der Waals surface area contributed by atoms with E-state index < -0.39 is 17.3 Å². The molecule has 4 aromatic carbocycles. The number of likely N-dealkylation sites (N-methyl/N-ethyl adjacent to an activating group) is 1. The number of amides is 1. The Morgan fingerprint density at radius 2 is 1.64 bits per heavy atom. The van der Waals surface area contributed by atoms with Crippen LogP contribution in [0, 0.1) is 18.6 Å². The maximum Gasteiger partial charge on any atom is 0.343 e. The van der Waals surface area contributed by atoms with Gasteiger partial charge in [-0.2, -0.15) is 0 Å². The fourth-order valence-corrected chi connectivity index (χ4v) is 5.14. The van der Waals surface area contributed by atoms with Crippen LogP contribution < -0.4 is 25.0 Å².